The third kappa shape index (κ3) is 3.49. The van der Waals surface area contributed by atoms with Gasteiger partial charge in [0.25, 0.3) is 5.70 Å². The SMILES string of the molecule is COC(=O)C1=C(C)NC(C)=C([N+](=O)[O-])C1c1ccc(C(F)(F)F)cc1. The molecule has 0 aliphatic carbocycles. The molecule has 0 saturated carbocycles. The van der Waals surface area contributed by atoms with Crippen LogP contribution in [0, 0.1) is 10.1 Å². The lowest BCUT2D eigenvalue weighted by molar-refractivity contribution is -0.431. The summed E-state index contributed by atoms with van der Waals surface area (Å²) < 4.78 is 42.9. The summed E-state index contributed by atoms with van der Waals surface area (Å²) in [5, 5.41) is 14.2. The Labute approximate surface area is 141 Å². The average molecular weight is 356 g/mol. The van der Waals surface area contributed by atoms with E-state index in [0.29, 0.717) is 5.70 Å². The van der Waals surface area contributed by atoms with Gasteiger partial charge in [0.15, 0.2) is 0 Å². The molecule has 9 heteroatoms. The number of benzene rings is 1. The smallest absolute Gasteiger partial charge is 0.416 e. The van der Waals surface area contributed by atoms with Crippen molar-refractivity contribution in [3.05, 3.63) is 68.2 Å². The highest BCUT2D eigenvalue weighted by atomic mass is 19.4. The highest BCUT2D eigenvalue weighted by molar-refractivity contribution is 5.92. The molecule has 1 heterocycles. The van der Waals surface area contributed by atoms with E-state index in [4.69, 9.17) is 4.74 Å². The summed E-state index contributed by atoms with van der Waals surface area (Å²) in [7, 11) is 1.13. The standard InChI is InChI=1S/C16H15F3N2O4/c1-8-12(15(22)25-3)13(14(21(23)24)9(2)20-8)10-4-6-11(7-5-10)16(17,18)19/h4-7,13,20H,1-3H3. The zero-order chi connectivity index (χ0) is 18.9. The zero-order valence-corrected chi connectivity index (χ0v) is 13.6. The highest BCUT2D eigenvalue weighted by Crippen LogP contribution is 2.39. The van der Waals surface area contributed by atoms with E-state index >= 15 is 0 Å². The molecule has 1 aromatic rings. The number of rotatable bonds is 3. The molecule has 25 heavy (non-hydrogen) atoms. The van der Waals surface area contributed by atoms with Crippen LogP contribution in [0.5, 0.6) is 0 Å². The van der Waals surface area contributed by atoms with Crippen molar-refractivity contribution in [1.29, 1.82) is 0 Å². The fourth-order valence-corrected chi connectivity index (χ4v) is 2.79. The molecule has 134 valence electrons. The first-order valence-corrected chi connectivity index (χ1v) is 7.16. The normalized spacial score (nSPS) is 18.1. The molecule has 1 atom stereocenters. The van der Waals surface area contributed by atoms with Crippen molar-refractivity contribution in [3.8, 4) is 0 Å². The van der Waals surface area contributed by atoms with Gasteiger partial charge in [0, 0.05) is 5.70 Å². The number of esters is 1. The number of dihydropyridines is 1. The Kier molecular flexibility index (Phi) is 4.87. The van der Waals surface area contributed by atoms with Crippen molar-refractivity contribution in [2.24, 2.45) is 0 Å². The summed E-state index contributed by atoms with van der Waals surface area (Å²) in [5.41, 5.74) is -0.459. The monoisotopic (exact) mass is 356 g/mol. The number of allylic oxidation sites excluding steroid dienone is 3. The molecule has 0 amide bonds. The summed E-state index contributed by atoms with van der Waals surface area (Å²) in [6.45, 7) is 3.01. The number of ether oxygens (including phenoxy) is 1. The van der Waals surface area contributed by atoms with Gasteiger partial charge < -0.3 is 10.1 Å². The first-order valence-electron chi connectivity index (χ1n) is 7.16. The molecule has 0 aromatic heterocycles. The van der Waals surface area contributed by atoms with E-state index in [9.17, 15) is 28.1 Å². The van der Waals surface area contributed by atoms with Crippen molar-refractivity contribution >= 4 is 5.97 Å². The lowest BCUT2D eigenvalue weighted by atomic mass is 9.84. The fourth-order valence-electron chi connectivity index (χ4n) is 2.79. The first kappa shape index (κ1) is 18.5. The van der Waals surface area contributed by atoms with Crippen LogP contribution in [0.15, 0.2) is 46.9 Å². The molecule has 1 unspecified atom stereocenters. The minimum absolute atomic E-state index is 0.0143. The van der Waals surface area contributed by atoms with Crippen LogP contribution >= 0.6 is 0 Å². The predicted octanol–water partition coefficient (Wildman–Crippen LogP) is 3.35. The van der Waals surface area contributed by atoms with Crippen molar-refractivity contribution in [1.82, 2.24) is 5.32 Å². The number of nitro groups is 1. The lowest BCUT2D eigenvalue weighted by Crippen LogP contribution is -2.31. The molecule has 1 aromatic carbocycles. The molecule has 6 nitrogen and oxygen atoms in total. The number of carbonyl (C=O) groups is 1. The highest BCUT2D eigenvalue weighted by Gasteiger charge is 2.41. The maximum Gasteiger partial charge on any atom is 0.416 e. The largest absolute Gasteiger partial charge is 0.466 e. The van der Waals surface area contributed by atoms with E-state index in [2.05, 4.69) is 5.32 Å². The van der Waals surface area contributed by atoms with Crippen molar-refractivity contribution in [2.45, 2.75) is 25.9 Å². The van der Waals surface area contributed by atoms with E-state index in [-0.39, 0.29) is 22.5 Å². The van der Waals surface area contributed by atoms with Crippen LogP contribution in [0.25, 0.3) is 0 Å². The van der Waals surface area contributed by atoms with Gasteiger partial charge in [0.1, 0.15) is 5.92 Å². The molecule has 0 bridgehead atoms. The minimum atomic E-state index is -4.53. The second-order valence-corrected chi connectivity index (χ2v) is 5.48. The van der Waals surface area contributed by atoms with Crippen LogP contribution in [0.2, 0.25) is 0 Å². The number of hydrogen-bond acceptors (Lipinski definition) is 5. The van der Waals surface area contributed by atoms with Gasteiger partial charge in [-0.1, -0.05) is 12.1 Å². The van der Waals surface area contributed by atoms with Crippen LogP contribution in [-0.2, 0) is 15.7 Å². The van der Waals surface area contributed by atoms with E-state index in [1.54, 1.807) is 6.92 Å². The second-order valence-electron chi connectivity index (χ2n) is 5.48. The average Bonchev–Trinajstić information content (AvgIpc) is 2.52. The maximum absolute atomic E-state index is 12.7. The number of methoxy groups -OCH3 is 1. The van der Waals surface area contributed by atoms with E-state index < -0.39 is 28.6 Å². The topological polar surface area (TPSA) is 81.5 Å². The Morgan fingerprint density at radius 2 is 1.76 bits per heavy atom. The molecule has 0 radical (unpaired) electrons. The molecule has 0 saturated heterocycles. The van der Waals surface area contributed by atoms with E-state index in [1.165, 1.54) is 6.92 Å². The van der Waals surface area contributed by atoms with Gasteiger partial charge in [-0.25, -0.2) is 4.79 Å². The molecular formula is C16H15F3N2O4. The van der Waals surface area contributed by atoms with Crippen LogP contribution in [0.3, 0.4) is 0 Å². The van der Waals surface area contributed by atoms with Gasteiger partial charge in [-0.15, -0.1) is 0 Å². The van der Waals surface area contributed by atoms with Gasteiger partial charge in [-0.3, -0.25) is 10.1 Å². The van der Waals surface area contributed by atoms with Crippen molar-refractivity contribution in [2.75, 3.05) is 7.11 Å². The Morgan fingerprint density at radius 1 is 1.20 bits per heavy atom. The molecular weight excluding hydrogens is 341 g/mol. The first-order chi connectivity index (χ1) is 11.6. The van der Waals surface area contributed by atoms with Gasteiger partial charge in [0.05, 0.1) is 28.9 Å². The van der Waals surface area contributed by atoms with Crippen LogP contribution in [0.1, 0.15) is 30.9 Å². The number of nitrogens with zero attached hydrogens (tertiary/aromatic N) is 1. The Balaban J connectivity index is 2.63. The predicted molar refractivity (Wildman–Crippen MR) is 81.7 cm³/mol. The number of halogens is 3. The Bertz CT molecular complexity index is 780. The molecule has 1 N–H and O–H groups in total. The number of alkyl halides is 3. The molecule has 0 spiro atoms. The summed E-state index contributed by atoms with van der Waals surface area (Å²) in [6.07, 6.45) is -4.53. The molecule has 1 aliphatic heterocycles. The van der Waals surface area contributed by atoms with Crippen LogP contribution in [0.4, 0.5) is 13.2 Å². The van der Waals surface area contributed by atoms with Crippen molar-refractivity contribution in [3.63, 3.8) is 0 Å². The van der Waals surface area contributed by atoms with Gasteiger partial charge in [-0.2, -0.15) is 13.2 Å². The molecule has 1 aliphatic rings. The summed E-state index contributed by atoms with van der Waals surface area (Å²) >= 11 is 0. The maximum atomic E-state index is 12.7. The van der Waals surface area contributed by atoms with Crippen LogP contribution < -0.4 is 5.32 Å². The second kappa shape index (κ2) is 6.58. The Morgan fingerprint density at radius 3 is 2.20 bits per heavy atom. The van der Waals surface area contributed by atoms with Crippen molar-refractivity contribution < 1.29 is 27.6 Å². The number of nitrogens with one attached hydrogen (secondary N) is 1. The number of hydrogen-bond donors (Lipinski definition) is 1. The quantitative estimate of drug-likeness (QED) is 0.510. The van der Waals surface area contributed by atoms with Gasteiger partial charge in [-0.05, 0) is 31.5 Å². The lowest BCUT2D eigenvalue weighted by Gasteiger charge is -2.26. The molecule has 2 rings (SSSR count). The van der Waals surface area contributed by atoms with E-state index in [0.717, 1.165) is 31.4 Å². The third-order valence-corrected chi connectivity index (χ3v) is 3.90. The summed E-state index contributed by atoms with van der Waals surface area (Å²) in [4.78, 5) is 23.0. The summed E-state index contributed by atoms with van der Waals surface area (Å²) in [5.74, 6) is -1.92. The fraction of sp³-hybridized carbons (Fsp3) is 0.312. The van der Waals surface area contributed by atoms with Gasteiger partial charge >= 0.3 is 12.1 Å². The van der Waals surface area contributed by atoms with Crippen LogP contribution in [-0.4, -0.2) is 18.0 Å². The van der Waals surface area contributed by atoms with E-state index in [1.807, 2.05) is 0 Å². The van der Waals surface area contributed by atoms with Gasteiger partial charge in [0.2, 0.25) is 0 Å². The number of carbonyl (C=O) groups excluding carboxylic acids is 1. The molecule has 0 fully saturated rings. The zero-order valence-electron chi connectivity index (χ0n) is 13.6. The summed E-state index contributed by atoms with van der Waals surface area (Å²) in [6, 6.07) is 3.92. The third-order valence-electron chi connectivity index (χ3n) is 3.90. The minimum Gasteiger partial charge on any atom is -0.466 e. The Hall–Kier alpha value is -2.84.